The number of nitrogens with one attached hydrogen (secondary N) is 1. The van der Waals surface area contributed by atoms with Crippen molar-refractivity contribution in [3.8, 4) is 0 Å². The molecule has 0 radical (unpaired) electrons. The van der Waals surface area contributed by atoms with E-state index in [1.165, 1.54) is 25.3 Å². The minimum absolute atomic E-state index is 0.196. The summed E-state index contributed by atoms with van der Waals surface area (Å²) in [5, 5.41) is 1.16. The monoisotopic (exact) mass is 374 g/mol. The fourth-order valence-corrected chi connectivity index (χ4v) is 2.72. The number of methoxy groups -OCH3 is 1. The summed E-state index contributed by atoms with van der Waals surface area (Å²) in [4.78, 5) is 30.9. The summed E-state index contributed by atoms with van der Waals surface area (Å²) < 4.78 is 4.68. The number of hydrogen-bond acceptors (Lipinski definition) is 4. The van der Waals surface area contributed by atoms with Crippen molar-refractivity contribution in [1.29, 1.82) is 0 Å². The second-order valence-electron chi connectivity index (χ2n) is 5.19. The molecule has 0 bridgehead atoms. The molecule has 0 saturated carbocycles. The molecule has 2 aromatic carbocycles. The van der Waals surface area contributed by atoms with Gasteiger partial charge in [-0.3, -0.25) is 4.79 Å². The van der Waals surface area contributed by atoms with Crippen LogP contribution in [0.2, 0.25) is 5.02 Å². The summed E-state index contributed by atoms with van der Waals surface area (Å²) in [5.41, 5.74) is 1.06. The van der Waals surface area contributed by atoms with Gasteiger partial charge in [0.15, 0.2) is 5.82 Å². The molecule has 1 heterocycles. The van der Waals surface area contributed by atoms with E-state index < -0.39 is 5.97 Å². The smallest absolute Gasteiger partial charge is 0.337 e. The fourth-order valence-electron chi connectivity index (χ4n) is 2.31. The third-order valence-electron chi connectivity index (χ3n) is 3.50. The van der Waals surface area contributed by atoms with Crippen molar-refractivity contribution in [2.45, 2.75) is 0 Å². The number of ether oxygens (including phenoxy) is 1. The van der Waals surface area contributed by atoms with Crippen LogP contribution in [0.25, 0.3) is 22.0 Å². The van der Waals surface area contributed by atoms with Gasteiger partial charge in [0.25, 0.3) is 5.56 Å². The van der Waals surface area contributed by atoms with E-state index >= 15 is 0 Å². The Morgan fingerprint density at radius 1 is 1.24 bits per heavy atom. The van der Waals surface area contributed by atoms with E-state index in [1.807, 2.05) is 6.07 Å². The molecule has 0 amide bonds. The summed E-state index contributed by atoms with van der Waals surface area (Å²) in [6, 6.07) is 11.6. The third-order valence-corrected chi connectivity index (χ3v) is 4.02. The highest BCUT2D eigenvalue weighted by Gasteiger charge is 2.11. The second-order valence-corrected chi connectivity index (χ2v) is 6.03. The Labute approximate surface area is 152 Å². The Kier molecular flexibility index (Phi) is 4.88. The van der Waals surface area contributed by atoms with Gasteiger partial charge in [0.2, 0.25) is 0 Å². The van der Waals surface area contributed by atoms with Gasteiger partial charge in [-0.2, -0.15) is 0 Å². The van der Waals surface area contributed by atoms with Gasteiger partial charge in [0, 0.05) is 5.02 Å². The number of aromatic amines is 1. The first kappa shape index (κ1) is 17.2. The maximum atomic E-state index is 12.2. The van der Waals surface area contributed by atoms with Crippen molar-refractivity contribution in [2.75, 3.05) is 7.11 Å². The molecule has 1 aromatic heterocycles. The highest BCUT2D eigenvalue weighted by Crippen LogP contribution is 2.22. The first-order chi connectivity index (χ1) is 12.0. The molecule has 0 aliphatic rings. The van der Waals surface area contributed by atoms with E-state index in [2.05, 4.69) is 14.7 Å². The van der Waals surface area contributed by atoms with Crippen LogP contribution in [0.5, 0.6) is 0 Å². The molecule has 0 saturated heterocycles. The molecule has 0 atom stereocenters. The van der Waals surface area contributed by atoms with Gasteiger partial charge in [-0.25, -0.2) is 9.78 Å². The van der Waals surface area contributed by atoms with Crippen LogP contribution in [0.3, 0.4) is 0 Å². The topological polar surface area (TPSA) is 72.1 Å². The lowest BCUT2D eigenvalue weighted by Crippen LogP contribution is -2.11. The molecule has 0 fully saturated rings. The van der Waals surface area contributed by atoms with Gasteiger partial charge in [-0.05, 0) is 42.0 Å². The lowest BCUT2D eigenvalue weighted by Gasteiger charge is -2.04. The number of carbonyl (C=O) groups excluding carboxylic acids is 1. The molecule has 0 aliphatic heterocycles. The largest absolute Gasteiger partial charge is 0.465 e. The van der Waals surface area contributed by atoms with Crippen LogP contribution in [-0.2, 0) is 4.74 Å². The van der Waals surface area contributed by atoms with Crippen molar-refractivity contribution >= 4 is 51.2 Å². The van der Waals surface area contributed by atoms with Crippen LogP contribution in [0.1, 0.15) is 21.7 Å². The number of rotatable bonds is 3. The lowest BCUT2D eigenvalue weighted by atomic mass is 10.1. The van der Waals surface area contributed by atoms with Crippen molar-refractivity contribution in [3.63, 3.8) is 0 Å². The molecule has 0 unspecified atom stereocenters. The van der Waals surface area contributed by atoms with Crippen LogP contribution in [0.4, 0.5) is 0 Å². The molecule has 7 heteroatoms. The molecule has 0 spiro atoms. The van der Waals surface area contributed by atoms with Gasteiger partial charge in [-0.15, -0.1) is 0 Å². The number of hydrogen-bond donors (Lipinski definition) is 1. The van der Waals surface area contributed by atoms with Crippen LogP contribution in [0.15, 0.2) is 47.3 Å². The quantitative estimate of drug-likeness (QED) is 0.700. The Morgan fingerprint density at radius 3 is 2.76 bits per heavy atom. The number of carbonyl (C=O) groups is 1. The van der Waals surface area contributed by atoms with E-state index in [-0.39, 0.29) is 16.4 Å². The van der Waals surface area contributed by atoms with Crippen LogP contribution >= 0.6 is 23.2 Å². The first-order valence-corrected chi connectivity index (χ1v) is 7.99. The van der Waals surface area contributed by atoms with E-state index in [4.69, 9.17) is 23.2 Å². The zero-order valence-corrected chi connectivity index (χ0v) is 14.6. The third kappa shape index (κ3) is 3.73. The first-order valence-electron chi connectivity index (χ1n) is 7.23. The van der Waals surface area contributed by atoms with Gasteiger partial charge in [-0.1, -0.05) is 35.3 Å². The normalized spacial score (nSPS) is 11.6. The Bertz CT molecular complexity index is 1060. The van der Waals surface area contributed by atoms with E-state index in [9.17, 15) is 9.59 Å². The Hall–Kier alpha value is -2.63. The van der Waals surface area contributed by atoms with Crippen molar-refractivity contribution < 1.29 is 9.53 Å². The maximum absolute atomic E-state index is 12.2. The lowest BCUT2D eigenvalue weighted by molar-refractivity contribution is 0.0601. The van der Waals surface area contributed by atoms with Crippen molar-refractivity contribution in [1.82, 2.24) is 9.97 Å². The van der Waals surface area contributed by atoms with E-state index in [0.29, 0.717) is 21.5 Å². The minimum Gasteiger partial charge on any atom is -0.465 e. The van der Waals surface area contributed by atoms with Gasteiger partial charge in [0.1, 0.15) is 0 Å². The van der Waals surface area contributed by atoms with Gasteiger partial charge in [0.05, 0.1) is 28.6 Å². The van der Waals surface area contributed by atoms with Crippen molar-refractivity contribution in [3.05, 3.63) is 74.8 Å². The zero-order chi connectivity index (χ0) is 18.0. The van der Waals surface area contributed by atoms with Gasteiger partial charge < -0.3 is 9.72 Å². The standard InChI is InChI=1S/C18H12Cl2N2O3/c1-25-18(24)11-5-6-13-15(9-11)21-16(22-17(13)23)14(20)8-10-3-2-4-12(19)7-10/h2-9H,1H3,(H,21,22,23)/b14-8-. The maximum Gasteiger partial charge on any atom is 0.337 e. The van der Waals surface area contributed by atoms with Crippen LogP contribution in [-0.4, -0.2) is 23.0 Å². The number of H-pyrrole nitrogens is 1. The molecule has 1 N–H and O–H groups in total. The molecule has 25 heavy (non-hydrogen) atoms. The van der Waals surface area contributed by atoms with E-state index in [1.54, 1.807) is 24.3 Å². The van der Waals surface area contributed by atoms with E-state index in [0.717, 1.165) is 5.56 Å². The predicted octanol–water partition coefficient (Wildman–Crippen LogP) is 4.10. The second kappa shape index (κ2) is 7.09. The molecular weight excluding hydrogens is 363 g/mol. The molecule has 3 rings (SSSR count). The molecule has 126 valence electrons. The summed E-state index contributed by atoms with van der Waals surface area (Å²) in [7, 11) is 1.29. The highest BCUT2D eigenvalue weighted by atomic mass is 35.5. The average Bonchev–Trinajstić information content (AvgIpc) is 2.60. The number of nitrogens with zero attached hydrogens (tertiary/aromatic N) is 1. The highest BCUT2D eigenvalue weighted by molar-refractivity contribution is 6.50. The molecule has 3 aromatic rings. The van der Waals surface area contributed by atoms with Crippen LogP contribution < -0.4 is 5.56 Å². The summed E-state index contributed by atoms with van der Waals surface area (Å²) >= 11 is 12.2. The molecule has 0 aliphatic carbocycles. The number of fused-ring (bicyclic) bond motifs is 1. The number of esters is 1. The summed E-state index contributed by atoms with van der Waals surface area (Å²) in [6.45, 7) is 0. The molecular formula is C18H12Cl2N2O3. The summed E-state index contributed by atoms with van der Waals surface area (Å²) in [6.07, 6.45) is 1.64. The zero-order valence-electron chi connectivity index (χ0n) is 13.0. The minimum atomic E-state index is -0.508. The van der Waals surface area contributed by atoms with Gasteiger partial charge >= 0.3 is 5.97 Å². The number of benzene rings is 2. The summed E-state index contributed by atoms with van der Waals surface area (Å²) in [5.74, 6) is -0.313. The number of aromatic nitrogens is 2. The SMILES string of the molecule is COC(=O)c1ccc2c(=O)[nH]c(/C(Cl)=C/c3cccc(Cl)c3)nc2c1. The van der Waals surface area contributed by atoms with Crippen molar-refractivity contribution in [2.24, 2.45) is 0 Å². The molecule has 5 nitrogen and oxygen atoms in total. The van der Waals surface area contributed by atoms with Crippen LogP contribution in [0, 0.1) is 0 Å². The fraction of sp³-hybridized carbons (Fsp3) is 0.0556. The number of halogens is 2. The Balaban J connectivity index is 2.10. The predicted molar refractivity (Wildman–Crippen MR) is 98.9 cm³/mol. The average molecular weight is 375 g/mol. The Morgan fingerprint density at radius 2 is 2.04 bits per heavy atom.